The molecule has 5 heteroatoms. The number of aryl methyl sites for hydroxylation is 1. The van der Waals surface area contributed by atoms with E-state index in [2.05, 4.69) is 31.1 Å². The molecule has 2 nitrogen and oxygen atoms in total. The van der Waals surface area contributed by atoms with E-state index in [1.54, 1.807) is 29.2 Å². The zero-order valence-corrected chi connectivity index (χ0v) is 14.5. The van der Waals surface area contributed by atoms with E-state index in [4.69, 9.17) is 0 Å². The fourth-order valence-electron chi connectivity index (χ4n) is 1.98. The van der Waals surface area contributed by atoms with Gasteiger partial charge in [0, 0.05) is 22.4 Å². The van der Waals surface area contributed by atoms with Crippen LogP contribution in [-0.4, -0.2) is 16.8 Å². The summed E-state index contributed by atoms with van der Waals surface area (Å²) in [5.74, 6) is 0.730. The lowest BCUT2D eigenvalue weighted by Gasteiger charge is -2.07. The Morgan fingerprint density at radius 1 is 1.38 bits per heavy atom. The van der Waals surface area contributed by atoms with Crippen molar-refractivity contribution in [3.05, 3.63) is 34.6 Å². The van der Waals surface area contributed by atoms with E-state index in [-0.39, 0.29) is 5.82 Å². The Labute approximate surface area is 134 Å². The lowest BCUT2D eigenvalue weighted by molar-refractivity contribution is 0.591. The van der Waals surface area contributed by atoms with Crippen molar-refractivity contribution >= 4 is 23.1 Å². The molecule has 0 atom stereocenters. The van der Waals surface area contributed by atoms with Crippen LogP contribution in [0.5, 0.6) is 0 Å². The van der Waals surface area contributed by atoms with Gasteiger partial charge in [0.1, 0.15) is 10.8 Å². The Kier molecular flexibility index (Phi) is 5.79. The molecule has 1 heterocycles. The highest BCUT2D eigenvalue weighted by Crippen LogP contribution is 2.36. The summed E-state index contributed by atoms with van der Waals surface area (Å²) in [5.41, 5.74) is 1.63. The number of thiazole rings is 1. The average molecular weight is 324 g/mol. The van der Waals surface area contributed by atoms with Crippen molar-refractivity contribution in [3.8, 4) is 10.6 Å². The molecule has 0 saturated heterocycles. The highest BCUT2D eigenvalue weighted by molar-refractivity contribution is 7.99. The van der Waals surface area contributed by atoms with Gasteiger partial charge in [-0.15, -0.1) is 23.1 Å². The normalized spacial score (nSPS) is 11.3. The third-order valence-electron chi connectivity index (χ3n) is 3.05. The smallest absolute Gasteiger partial charge is 0.134 e. The first-order valence-corrected chi connectivity index (χ1v) is 8.94. The Balaban J connectivity index is 2.36. The van der Waals surface area contributed by atoms with Crippen molar-refractivity contribution in [1.82, 2.24) is 10.3 Å². The standard InChI is InChI=1S/C16H21FN2S2/c1-5-20-13-8-6-7-12(17)15(13)16-19-11(4)14(21-16)9-18-10(2)3/h6-8,10,18H,5,9H2,1-4H3. The van der Waals surface area contributed by atoms with Gasteiger partial charge in [0.15, 0.2) is 0 Å². The molecule has 0 radical (unpaired) electrons. The third-order valence-corrected chi connectivity index (χ3v) is 5.17. The van der Waals surface area contributed by atoms with E-state index in [1.807, 2.05) is 13.0 Å². The summed E-state index contributed by atoms with van der Waals surface area (Å²) in [5, 5.41) is 4.17. The van der Waals surface area contributed by atoms with Gasteiger partial charge in [-0.05, 0) is 24.8 Å². The molecule has 114 valence electrons. The monoisotopic (exact) mass is 324 g/mol. The highest BCUT2D eigenvalue weighted by atomic mass is 32.2. The van der Waals surface area contributed by atoms with E-state index < -0.39 is 0 Å². The molecule has 0 saturated carbocycles. The molecule has 1 N–H and O–H groups in total. The number of halogens is 1. The summed E-state index contributed by atoms with van der Waals surface area (Å²) in [4.78, 5) is 6.73. The van der Waals surface area contributed by atoms with E-state index >= 15 is 0 Å². The molecule has 0 aliphatic carbocycles. The van der Waals surface area contributed by atoms with Crippen LogP contribution in [0.3, 0.4) is 0 Å². The van der Waals surface area contributed by atoms with E-state index in [1.165, 1.54) is 10.9 Å². The molecule has 21 heavy (non-hydrogen) atoms. The van der Waals surface area contributed by atoms with Crippen molar-refractivity contribution in [3.63, 3.8) is 0 Å². The lowest BCUT2D eigenvalue weighted by atomic mass is 10.2. The predicted octanol–water partition coefficient (Wildman–Crippen LogP) is 4.87. The fraction of sp³-hybridized carbons (Fsp3) is 0.438. The summed E-state index contributed by atoms with van der Waals surface area (Å²) in [6.07, 6.45) is 0. The zero-order chi connectivity index (χ0) is 15.4. The number of thioether (sulfide) groups is 1. The topological polar surface area (TPSA) is 24.9 Å². The molecule has 2 rings (SSSR count). The van der Waals surface area contributed by atoms with Crippen LogP contribution in [-0.2, 0) is 6.54 Å². The Bertz CT molecular complexity index is 608. The van der Waals surface area contributed by atoms with Gasteiger partial charge in [0.25, 0.3) is 0 Å². The third kappa shape index (κ3) is 4.05. The van der Waals surface area contributed by atoms with Crippen LogP contribution in [0, 0.1) is 12.7 Å². The van der Waals surface area contributed by atoms with Crippen LogP contribution in [0.4, 0.5) is 4.39 Å². The molecule has 1 aromatic carbocycles. The van der Waals surface area contributed by atoms with Crippen LogP contribution in [0.1, 0.15) is 31.3 Å². The van der Waals surface area contributed by atoms with Crippen LogP contribution >= 0.6 is 23.1 Å². The van der Waals surface area contributed by atoms with Gasteiger partial charge >= 0.3 is 0 Å². The Morgan fingerprint density at radius 2 is 2.14 bits per heavy atom. The maximum Gasteiger partial charge on any atom is 0.134 e. The van der Waals surface area contributed by atoms with Gasteiger partial charge in [-0.3, -0.25) is 0 Å². The number of nitrogens with zero attached hydrogens (tertiary/aromatic N) is 1. The molecular formula is C16H21FN2S2. The van der Waals surface area contributed by atoms with Crippen molar-refractivity contribution < 1.29 is 4.39 Å². The van der Waals surface area contributed by atoms with Gasteiger partial charge in [-0.1, -0.05) is 26.8 Å². The van der Waals surface area contributed by atoms with E-state index in [9.17, 15) is 4.39 Å². The van der Waals surface area contributed by atoms with Crippen LogP contribution in [0.2, 0.25) is 0 Å². The minimum Gasteiger partial charge on any atom is -0.310 e. The van der Waals surface area contributed by atoms with Crippen molar-refractivity contribution in [2.75, 3.05) is 5.75 Å². The molecular weight excluding hydrogens is 303 g/mol. The largest absolute Gasteiger partial charge is 0.310 e. The molecule has 0 aliphatic rings. The highest BCUT2D eigenvalue weighted by Gasteiger charge is 2.16. The van der Waals surface area contributed by atoms with Crippen molar-refractivity contribution in [1.29, 1.82) is 0 Å². The van der Waals surface area contributed by atoms with Gasteiger partial charge < -0.3 is 5.32 Å². The number of hydrogen-bond acceptors (Lipinski definition) is 4. The van der Waals surface area contributed by atoms with Gasteiger partial charge in [-0.25, -0.2) is 9.37 Å². The zero-order valence-electron chi connectivity index (χ0n) is 12.9. The molecule has 0 fully saturated rings. The maximum atomic E-state index is 14.3. The molecule has 0 unspecified atom stereocenters. The number of nitrogens with one attached hydrogen (secondary N) is 1. The maximum absolute atomic E-state index is 14.3. The number of benzene rings is 1. The lowest BCUT2D eigenvalue weighted by Crippen LogP contribution is -2.21. The van der Waals surface area contributed by atoms with Gasteiger partial charge in [0.2, 0.25) is 0 Å². The Hall–Kier alpha value is -0.910. The number of aromatic nitrogens is 1. The second-order valence-electron chi connectivity index (χ2n) is 5.11. The number of hydrogen-bond donors (Lipinski definition) is 1. The summed E-state index contributed by atoms with van der Waals surface area (Å²) in [6, 6.07) is 5.67. The first kappa shape index (κ1) is 16.5. The summed E-state index contributed by atoms with van der Waals surface area (Å²) in [7, 11) is 0. The van der Waals surface area contributed by atoms with Crippen LogP contribution < -0.4 is 5.32 Å². The quantitative estimate of drug-likeness (QED) is 0.768. The average Bonchev–Trinajstić information content (AvgIpc) is 2.78. The van der Waals surface area contributed by atoms with Crippen LogP contribution in [0.15, 0.2) is 23.1 Å². The van der Waals surface area contributed by atoms with E-state index in [0.29, 0.717) is 11.6 Å². The number of rotatable bonds is 6. The second kappa shape index (κ2) is 7.38. The minimum absolute atomic E-state index is 0.189. The summed E-state index contributed by atoms with van der Waals surface area (Å²) in [6.45, 7) is 9.08. The Morgan fingerprint density at radius 3 is 2.81 bits per heavy atom. The fourth-order valence-corrected chi connectivity index (χ4v) is 3.95. The van der Waals surface area contributed by atoms with Crippen molar-refractivity contribution in [2.24, 2.45) is 0 Å². The molecule has 0 bridgehead atoms. The molecule has 1 aromatic heterocycles. The second-order valence-corrected chi connectivity index (χ2v) is 7.50. The summed E-state index contributed by atoms with van der Waals surface area (Å²) >= 11 is 3.24. The molecule has 0 amide bonds. The van der Waals surface area contributed by atoms with E-state index in [0.717, 1.165) is 27.9 Å². The molecule has 2 aromatic rings. The molecule has 0 spiro atoms. The first-order chi connectivity index (χ1) is 10.0. The van der Waals surface area contributed by atoms with Crippen LogP contribution in [0.25, 0.3) is 10.6 Å². The van der Waals surface area contributed by atoms with Crippen molar-refractivity contribution in [2.45, 2.75) is 45.2 Å². The first-order valence-electron chi connectivity index (χ1n) is 7.14. The summed E-state index contributed by atoms with van der Waals surface area (Å²) < 4.78 is 14.3. The van der Waals surface area contributed by atoms with Gasteiger partial charge in [-0.2, -0.15) is 0 Å². The van der Waals surface area contributed by atoms with Gasteiger partial charge in [0.05, 0.1) is 11.3 Å². The molecule has 0 aliphatic heterocycles. The minimum atomic E-state index is -0.189. The predicted molar refractivity (Wildman–Crippen MR) is 90.6 cm³/mol. The SMILES string of the molecule is CCSc1cccc(F)c1-c1nc(C)c(CNC(C)C)s1.